The highest BCUT2D eigenvalue weighted by Gasteiger charge is 2.31. The number of benzene rings is 2. The summed E-state index contributed by atoms with van der Waals surface area (Å²) < 4.78 is 0. The molecule has 0 spiro atoms. The molecule has 1 atom stereocenters. The molecule has 3 rings (SSSR count). The highest BCUT2D eigenvalue weighted by molar-refractivity contribution is 6.31. The van der Waals surface area contributed by atoms with Crippen LogP contribution in [-0.2, 0) is 0 Å². The van der Waals surface area contributed by atoms with Gasteiger partial charge in [0.25, 0.3) is 0 Å². The Balaban J connectivity index is 1.98. The van der Waals surface area contributed by atoms with Gasteiger partial charge in [-0.25, -0.2) is 9.79 Å². The Bertz CT molecular complexity index is 1070. The second-order valence-corrected chi connectivity index (χ2v) is 7.15. The smallest absolute Gasteiger partial charge is 0.323 e. The fraction of sp³-hybridized carbons (Fsp3) is 0.174. The monoisotopic (exact) mass is 419 g/mol. The van der Waals surface area contributed by atoms with Gasteiger partial charge < -0.3 is 16.4 Å². The van der Waals surface area contributed by atoms with Crippen LogP contribution in [-0.4, -0.2) is 11.9 Å². The predicted molar refractivity (Wildman–Crippen MR) is 120 cm³/mol. The Morgan fingerprint density at radius 2 is 1.93 bits per heavy atom. The number of halogens is 1. The van der Waals surface area contributed by atoms with Gasteiger partial charge in [0.1, 0.15) is 5.84 Å². The number of hydrogen-bond donors (Lipinski definition) is 3. The molecular formula is C23H22ClN5O. The highest BCUT2D eigenvalue weighted by atomic mass is 35.5. The van der Waals surface area contributed by atoms with Crippen molar-refractivity contribution in [2.24, 2.45) is 10.7 Å². The van der Waals surface area contributed by atoms with Gasteiger partial charge in [0, 0.05) is 22.5 Å². The lowest BCUT2D eigenvalue weighted by Gasteiger charge is -2.26. The van der Waals surface area contributed by atoms with Gasteiger partial charge in [-0.3, -0.25) is 0 Å². The van der Waals surface area contributed by atoms with E-state index in [-0.39, 0.29) is 5.84 Å². The first-order chi connectivity index (χ1) is 14.5. The fourth-order valence-electron chi connectivity index (χ4n) is 3.32. The molecule has 152 valence electrons. The number of nitrogens with zero attached hydrogens (tertiary/aromatic N) is 2. The molecule has 0 fully saturated rings. The Hall–Kier alpha value is -3.56. The lowest BCUT2D eigenvalue weighted by atomic mass is 9.81. The maximum absolute atomic E-state index is 12.3. The lowest BCUT2D eigenvalue weighted by Crippen LogP contribution is -2.30. The number of nitrogens with two attached hydrogens (primary N) is 1. The highest BCUT2D eigenvalue weighted by Crippen LogP contribution is 2.40. The molecule has 7 heteroatoms. The summed E-state index contributed by atoms with van der Waals surface area (Å²) in [7, 11) is 0. The average Bonchev–Trinajstić information content (AvgIpc) is 2.74. The topological polar surface area (TPSA) is 103 Å². The number of amides is 2. The molecular weight excluding hydrogens is 398 g/mol. The van der Waals surface area contributed by atoms with Crippen molar-refractivity contribution in [1.82, 2.24) is 5.32 Å². The van der Waals surface area contributed by atoms with Crippen molar-refractivity contribution in [1.29, 1.82) is 5.26 Å². The molecule has 6 nitrogen and oxygen atoms in total. The van der Waals surface area contributed by atoms with E-state index in [4.69, 9.17) is 17.3 Å². The van der Waals surface area contributed by atoms with Crippen molar-refractivity contribution in [3.63, 3.8) is 0 Å². The van der Waals surface area contributed by atoms with E-state index in [2.05, 4.69) is 21.7 Å². The minimum absolute atomic E-state index is 0.252. The zero-order valence-electron chi connectivity index (χ0n) is 16.5. The summed E-state index contributed by atoms with van der Waals surface area (Å²) in [4.78, 5) is 16.8. The number of aliphatic imine (C=N–C) groups is 1. The Morgan fingerprint density at radius 3 is 2.60 bits per heavy atom. The number of allylic oxidation sites excluding steroid dienone is 2. The molecule has 1 heterocycles. The average molecular weight is 420 g/mol. The molecule has 2 aromatic carbocycles. The molecule has 1 unspecified atom stereocenters. The molecule has 0 saturated heterocycles. The first kappa shape index (κ1) is 21.2. The third-order valence-electron chi connectivity index (χ3n) is 4.68. The molecule has 0 aliphatic carbocycles. The zero-order valence-corrected chi connectivity index (χ0v) is 17.3. The van der Waals surface area contributed by atoms with Crippen molar-refractivity contribution >= 4 is 29.2 Å². The van der Waals surface area contributed by atoms with E-state index in [1.54, 1.807) is 18.2 Å². The van der Waals surface area contributed by atoms with Gasteiger partial charge in [-0.1, -0.05) is 61.3 Å². The van der Waals surface area contributed by atoms with Gasteiger partial charge in [0.05, 0.1) is 23.3 Å². The van der Waals surface area contributed by atoms with Crippen molar-refractivity contribution in [2.45, 2.75) is 25.7 Å². The van der Waals surface area contributed by atoms with Crippen molar-refractivity contribution in [3.05, 3.63) is 88.2 Å². The number of nitrogens with one attached hydrogen (secondary N) is 2. The number of anilines is 1. The van der Waals surface area contributed by atoms with Gasteiger partial charge in [0.15, 0.2) is 0 Å². The number of para-hydroxylation sites is 1. The first-order valence-electron chi connectivity index (χ1n) is 9.59. The van der Waals surface area contributed by atoms with E-state index in [1.807, 2.05) is 43.3 Å². The van der Waals surface area contributed by atoms with Crippen molar-refractivity contribution < 1.29 is 4.79 Å². The molecule has 0 radical (unpaired) electrons. The van der Waals surface area contributed by atoms with Crippen molar-refractivity contribution in [2.75, 3.05) is 5.32 Å². The van der Waals surface area contributed by atoms with E-state index in [9.17, 15) is 10.1 Å². The summed E-state index contributed by atoms with van der Waals surface area (Å²) in [5.41, 5.74) is 9.29. The summed E-state index contributed by atoms with van der Waals surface area (Å²) in [6.07, 6.45) is 2.94. The second-order valence-electron chi connectivity index (χ2n) is 6.74. The van der Waals surface area contributed by atoms with E-state index in [1.165, 1.54) is 6.20 Å². The van der Waals surface area contributed by atoms with Gasteiger partial charge in [-0.2, -0.15) is 5.26 Å². The predicted octanol–water partition coefficient (Wildman–Crippen LogP) is 5.08. The van der Waals surface area contributed by atoms with E-state index < -0.39 is 11.9 Å². The summed E-state index contributed by atoms with van der Waals surface area (Å²) in [6, 6.07) is 18.2. The standard InChI is InChI=1S/C23H22ClN5O/c1-2-8-20-17(13-25)21(16-11-6-7-12-19(16)24)18(22(26)29-20)14-27-23(30)28-15-9-4-3-5-10-15/h3-7,9-12,14,21H,2,8H2,1H3,(H2,26,29)(H2,27,28,30)/b18-14-. The normalized spacial score (nSPS) is 17.3. The third kappa shape index (κ3) is 4.70. The molecule has 0 saturated carbocycles. The van der Waals surface area contributed by atoms with Crippen LogP contribution < -0.4 is 16.4 Å². The van der Waals surface area contributed by atoms with Crippen LogP contribution in [0.15, 0.2) is 82.6 Å². The number of carbonyl (C=O) groups is 1. The lowest BCUT2D eigenvalue weighted by molar-refractivity contribution is 0.255. The Labute approximate surface area is 180 Å². The van der Waals surface area contributed by atoms with Gasteiger partial charge >= 0.3 is 6.03 Å². The number of hydrogen-bond acceptors (Lipinski definition) is 4. The molecule has 4 N–H and O–H groups in total. The Morgan fingerprint density at radius 1 is 1.23 bits per heavy atom. The fourth-order valence-corrected chi connectivity index (χ4v) is 3.56. The quantitative estimate of drug-likeness (QED) is 0.629. The molecule has 0 bridgehead atoms. The number of carbonyl (C=O) groups excluding carboxylic acids is 1. The van der Waals surface area contributed by atoms with E-state index >= 15 is 0 Å². The van der Waals surface area contributed by atoms with E-state index in [0.717, 1.165) is 12.0 Å². The number of amidine groups is 1. The van der Waals surface area contributed by atoms with Crippen LogP contribution in [0.3, 0.4) is 0 Å². The number of urea groups is 1. The molecule has 1 aliphatic heterocycles. The second kappa shape index (κ2) is 9.77. The van der Waals surface area contributed by atoms with Crippen LogP contribution in [0.4, 0.5) is 10.5 Å². The number of nitriles is 1. The van der Waals surface area contributed by atoms with E-state index in [0.29, 0.717) is 34.0 Å². The summed E-state index contributed by atoms with van der Waals surface area (Å²) in [5.74, 6) is -0.262. The van der Waals surface area contributed by atoms with Crippen LogP contribution in [0.5, 0.6) is 0 Å². The zero-order chi connectivity index (χ0) is 21.5. The van der Waals surface area contributed by atoms with Crippen LogP contribution in [0.2, 0.25) is 5.02 Å². The van der Waals surface area contributed by atoms with Crippen LogP contribution in [0.1, 0.15) is 31.2 Å². The number of rotatable bonds is 5. The van der Waals surface area contributed by atoms with Crippen molar-refractivity contribution in [3.8, 4) is 6.07 Å². The Kier molecular flexibility index (Phi) is 6.89. The molecule has 1 aliphatic rings. The summed E-state index contributed by atoms with van der Waals surface area (Å²) >= 11 is 6.45. The van der Waals surface area contributed by atoms with Crippen LogP contribution >= 0.6 is 11.6 Å². The molecule has 0 aromatic heterocycles. The largest absolute Gasteiger partial charge is 0.383 e. The molecule has 2 amide bonds. The minimum Gasteiger partial charge on any atom is -0.383 e. The van der Waals surface area contributed by atoms with Gasteiger partial charge in [-0.15, -0.1) is 0 Å². The summed E-state index contributed by atoms with van der Waals surface area (Å²) in [5, 5.41) is 15.8. The third-order valence-corrected chi connectivity index (χ3v) is 5.02. The maximum Gasteiger partial charge on any atom is 0.323 e. The van der Waals surface area contributed by atoms with Gasteiger partial charge in [-0.05, 0) is 30.2 Å². The maximum atomic E-state index is 12.3. The summed E-state index contributed by atoms with van der Waals surface area (Å²) in [6.45, 7) is 2.01. The molecule has 30 heavy (non-hydrogen) atoms. The first-order valence-corrected chi connectivity index (χ1v) is 9.97. The van der Waals surface area contributed by atoms with Crippen LogP contribution in [0, 0.1) is 11.3 Å². The van der Waals surface area contributed by atoms with Gasteiger partial charge in [0.2, 0.25) is 0 Å². The SMILES string of the molecule is CCCC1=C(C#N)C(c2ccccc2Cl)/C(=C/NC(=O)Nc2ccccc2)C(N)=N1. The minimum atomic E-state index is -0.514. The van der Waals surface area contributed by atoms with Crippen LogP contribution in [0.25, 0.3) is 0 Å². The molecule has 2 aromatic rings.